The van der Waals surface area contributed by atoms with Crippen LogP contribution in [-0.2, 0) is 18.0 Å². The number of halogens is 4. The van der Waals surface area contributed by atoms with E-state index in [1.807, 2.05) is 22.8 Å². The Morgan fingerprint density at radius 2 is 1.73 bits per heavy atom. The van der Waals surface area contributed by atoms with E-state index in [0.29, 0.717) is 17.1 Å². The van der Waals surface area contributed by atoms with Gasteiger partial charge in [-0.1, -0.05) is 6.07 Å². The fourth-order valence-electron chi connectivity index (χ4n) is 4.01. The fraction of sp³-hybridized carbons (Fsp3) is 0.350. The maximum atomic E-state index is 14.0. The molecular weight excluding hydrogens is 435 g/mol. The Hall–Kier alpha value is -2.29. The highest BCUT2D eigenvalue weighted by atomic mass is 35.5. The van der Waals surface area contributed by atoms with Crippen LogP contribution < -0.4 is 4.90 Å². The van der Waals surface area contributed by atoms with Gasteiger partial charge in [-0.05, 0) is 31.0 Å². The van der Waals surface area contributed by atoms with Crippen molar-refractivity contribution in [2.75, 3.05) is 18.0 Å². The van der Waals surface area contributed by atoms with Crippen molar-refractivity contribution >= 4 is 30.6 Å². The van der Waals surface area contributed by atoms with Crippen molar-refractivity contribution in [2.24, 2.45) is 0 Å². The van der Waals surface area contributed by atoms with Crippen LogP contribution in [0.5, 0.6) is 0 Å². The lowest BCUT2D eigenvalue weighted by Crippen LogP contribution is -2.34. The minimum Gasteiger partial charge on any atom is -0.369 e. The minimum atomic E-state index is -0.878. The molecule has 0 spiro atoms. The zero-order chi connectivity index (χ0) is 19.1. The molecular formula is C20H21Cl2F2N5O. The summed E-state index contributed by atoms with van der Waals surface area (Å²) in [6.45, 7) is 2.18. The maximum absolute atomic E-state index is 14.0. The molecule has 30 heavy (non-hydrogen) atoms. The van der Waals surface area contributed by atoms with E-state index < -0.39 is 11.6 Å². The second kappa shape index (κ2) is 9.24. The molecule has 6 nitrogen and oxygen atoms in total. The first-order valence-corrected chi connectivity index (χ1v) is 9.37. The third kappa shape index (κ3) is 3.99. The maximum Gasteiger partial charge on any atom is 0.163 e. The fourth-order valence-corrected chi connectivity index (χ4v) is 4.01. The predicted molar refractivity (Wildman–Crippen MR) is 113 cm³/mol. The average molecular weight is 456 g/mol. The normalized spacial score (nSPS) is 16.0. The topological polar surface area (TPSA) is 56.1 Å². The summed E-state index contributed by atoms with van der Waals surface area (Å²) in [6.07, 6.45) is 3.56. The summed E-state index contributed by atoms with van der Waals surface area (Å²) in [7, 11) is 0. The number of nitrogens with zero attached hydrogens (tertiary/aromatic N) is 5. The van der Waals surface area contributed by atoms with Gasteiger partial charge in [0.05, 0.1) is 12.3 Å². The van der Waals surface area contributed by atoms with E-state index in [2.05, 4.69) is 20.1 Å². The Kier molecular flexibility index (Phi) is 6.90. The molecule has 0 N–H and O–H groups in total. The number of anilines is 1. The van der Waals surface area contributed by atoms with Gasteiger partial charge < -0.3 is 9.64 Å². The van der Waals surface area contributed by atoms with Crippen molar-refractivity contribution in [1.82, 2.24) is 19.7 Å². The van der Waals surface area contributed by atoms with Gasteiger partial charge in [0.15, 0.2) is 17.5 Å². The van der Waals surface area contributed by atoms with Crippen LogP contribution in [0, 0.1) is 11.6 Å². The Balaban J connectivity index is 0.00000128. The van der Waals surface area contributed by atoms with Crippen molar-refractivity contribution in [3.05, 3.63) is 65.4 Å². The molecule has 1 saturated heterocycles. The van der Waals surface area contributed by atoms with Gasteiger partial charge in [-0.3, -0.25) is 4.57 Å². The molecule has 1 aromatic carbocycles. The molecule has 4 heterocycles. The molecule has 0 unspecified atom stereocenters. The summed E-state index contributed by atoms with van der Waals surface area (Å²) in [4.78, 5) is 6.67. The second-order valence-corrected chi connectivity index (χ2v) is 7.15. The predicted octanol–water partition coefficient (Wildman–Crippen LogP) is 4.20. The number of hydrogen-bond donors (Lipinski definition) is 0. The van der Waals surface area contributed by atoms with Crippen molar-refractivity contribution in [3.8, 4) is 5.69 Å². The largest absolute Gasteiger partial charge is 0.369 e. The zero-order valence-electron chi connectivity index (χ0n) is 16.0. The smallest absolute Gasteiger partial charge is 0.163 e. The van der Waals surface area contributed by atoms with Crippen molar-refractivity contribution < 1.29 is 13.5 Å². The van der Waals surface area contributed by atoms with E-state index in [4.69, 9.17) is 4.74 Å². The summed E-state index contributed by atoms with van der Waals surface area (Å²) in [5.41, 5.74) is 1.17. The molecule has 2 aliphatic heterocycles. The van der Waals surface area contributed by atoms with Gasteiger partial charge in [-0.2, -0.15) is 0 Å². The third-order valence-corrected chi connectivity index (χ3v) is 5.44. The lowest BCUT2D eigenvalue weighted by molar-refractivity contribution is 0.105. The van der Waals surface area contributed by atoms with Gasteiger partial charge in [0.25, 0.3) is 0 Å². The summed E-state index contributed by atoms with van der Waals surface area (Å²) < 4.78 is 35.1. The number of pyridine rings is 1. The number of aromatic nitrogens is 4. The molecule has 2 aliphatic rings. The Labute approximate surface area is 185 Å². The number of ether oxygens (including phenoxy) is 1. The van der Waals surface area contributed by atoms with Crippen LogP contribution in [0.25, 0.3) is 5.69 Å². The van der Waals surface area contributed by atoms with Crippen LogP contribution >= 0.6 is 24.8 Å². The van der Waals surface area contributed by atoms with Crippen LogP contribution in [-0.4, -0.2) is 32.8 Å². The van der Waals surface area contributed by atoms with Crippen LogP contribution in [0.4, 0.5) is 14.6 Å². The van der Waals surface area contributed by atoms with Gasteiger partial charge in [0.1, 0.15) is 18.2 Å². The lowest BCUT2D eigenvalue weighted by Gasteiger charge is -2.32. The van der Waals surface area contributed by atoms with Crippen LogP contribution in [0.2, 0.25) is 0 Å². The van der Waals surface area contributed by atoms with Gasteiger partial charge in [0, 0.05) is 36.8 Å². The van der Waals surface area contributed by atoms with Crippen molar-refractivity contribution in [3.63, 3.8) is 0 Å². The molecule has 3 aromatic rings. The number of benzene rings is 1. The number of rotatable bonds is 2. The molecule has 0 amide bonds. The van der Waals surface area contributed by atoms with Crippen LogP contribution in [0.1, 0.15) is 36.0 Å². The standard InChI is InChI=1S/C20H19F2N5O.2ClH/c21-15-9-14-11-28-12-19-24-25-20(27(19)17(14)10-16(15)22)13-4-7-26(8-5-13)18-3-1-2-6-23-18;;/h1-3,6,9-10,13H,4-5,7-8,11-12H2;2*1H. The first-order valence-electron chi connectivity index (χ1n) is 9.37. The van der Waals surface area contributed by atoms with Crippen molar-refractivity contribution in [2.45, 2.75) is 32.0 Å². The second-order valence-electron chi connectivity index (χ2n) is 7.15. The highest BCUT2D eigenvalue weighted by Gasteiger charge is 2.29. The Bertz CT molecular complexity index is 1010. The number of hydrogen-bond acceptors (Lipinski definition) is 5. The van der Waals surface area contributed by atoms with Gasteiger partial charge in [0.2, 0.25) is 0 Å². The minimum absolute atomic E-state index is 0. The van der Waals surface area contributed by atoms with Crippen LogP contribution in [0.15, 0.2) is 36.5 Å². The summed E-state index contributed by atoms with van der Waals surface area (Å²) in [5, 5.41) is 8.66. The molecule has 1 fully saturated rings. The van der Waals surface area contributed by atoms with Gasteiger partial charge in [-0.15, -0.1) is 35.0 Å². The van der Waals surface area contributed by atoms with Crippen molar-refractivity contribution in [1.29, 1.82) is 0 Å². The molecule has 0 saturated carbocycles. The van der Waals surface area contributed by atoms with Gasteiger partial charge in [-0.25, -0.2) is 13.8 Å². The SMILES string of the molecule is Cl.Cl.Fc1cc2c(cc1F)-n1c(nnc1C1CCN(c3ccccn3)CC1)COC2. The third-order valence-electron chi connectivity index (χ3n) is 5.44. The molecule has 10 heteroatoms. The van der Waals surface area contributed by atoms with Gasteiger partial charge >= 0.3 is 0 Å². The Morgan fingerprint density at radius 1 is 0.967 bits per heavy atom. The quantitative estimate of drug-likeness (QED) is 0.579. The van der Waals surface area contributed by atoms with E-state index >= 15 is 0 Å². The number of fused-ring (bicyclic) bond motifs is 3. The summed E-state index contributed by atoms with van der Waals surface area (Å²) in [6, 6.07) is 8.32. The molecule has 0 bridgehead atoms. The monoisotopic (exact) mass is 455 g/mol. The molecule has 2 aromatic heterocycles. The lowest BCUT2D eigenvalue weighted by atomic mass is 9.95. The van der Waals surface area contributed by atoms with E-state index in [1.165, 1.54) is 12.1 Å². The zero-order valence-corrected chi connectivity index (χ0v) is 17.6. The average Bonchev–Trinajstić information content (AvgIpc) is 3.07. The molecule has 0 aliphatic carbocycles. The highest BCUT2D eigenvalue weighted by Crippen LogP contribution is 2.33. The Morgan fingerprint density at radius 3 is 2.47 bits per heavy atom. The first kappa shape index (κ1) is 22.4. The van der Waals surface area contributed by atoms with E-state index in [9.17, 15) is 8.78 Å². The first-order chi connectivity index (χ1) is 13.7. The molecule has 5 rings (SSSR count). The van der Waals surface area contributed by atoms with E-state index in [0.717, 1.165) is 37.6 Å². The van der Waals surface area contributed by atoms with E-state index in [-0.39, 0.29) is 43.9 Å². The highest BCUT2D eigenvalue weighted by molar-refractivity contribution is 5.85. The molecule has 0 radical (unpaired) electrons. The molecule has 160 valence electrons. The number of piperidine rings is 1. The van der Waals surface area contributed by atoms with Crippen LogP contribution in [0.3, 0.4) is 0 Å². The summed E-state index contributed by atoms with van der Waals surface area (Å²) in [5.74, 6) is 0.804. The summed E-state index contributed by atoms with van der Waals surface area (Å²) >= 11 is 0. The van der Waals surface area contributed by atoms with E-state index in [1.54, 1.807) is 6.20 Å². The molecule has 0 atom stereocenters.